The average Bonchev–Trinajstić information content (AvgIpc) is 2.64. The molecule has 0 saturated heterocycles. The van der Waals surface area contributed by atoms with Crippen molar-refractivity contribution < 1.29 is 0 Å². The van der Waals surface area contributed by atoms with Crippen LogP contribution in [0.4, 0.5) is 0 Å². The van der Waals surface area contributed by atoms with Crippen LogP contribution in [0.3, 0.4) is 0 Å². The second kappa shape index (κ2) is 6.56. The van der Waals surface area contributed by atoms with Crippen LogP contribution >= 0.6 is 47.0 Å². The summed E-state index contributed by atoms with van der Waals surface area (Å²) >= 11 is 7.50. The fourth-order valence-electron chi connectivity index (χ4n) is 3.62. The van der Waals surface area contributed by atoms with E-state index >= 15 is 0 Å². The first-order valence-corrected chi connectivity index (χ1v) is 12.6. The van der Waals surface area contributed by atoms with Crippen LogP contribution in [-0.2, 0) is 0 Å². The Morgan fingerprint density at radius 2 is 1.29 bits per heavy atom. The van der Waals surface area contributed by atoms with Gasteiger partial charge in [-0.05, 0) is 52.6 Å². The van der Waals surface area contributed by atoms with E-state index in [1.54, 1.807) is 0 Å². The first-order valence-electron chi connectivity index (χ1n) is 7.68. The Bertz CT molecular complexity index is 1050. The molecule has 0 aliphatic heterocycles. The number of hydrogen-bond donors (Lipinski definition) is 0. The minimum Gasteiger partial charge on any atom is -0.129 e. The molecule has 0 aliphatic carbocycles. The first-order chi connectivity index (χ1) is 11.7. The molecule has 0 aromatic heterocycles. The lowest BCUT2D eigenvalue weighted by Gasteiger charge is -2.21. The van der Waals surface area contributed by atoms with Crippen LogP contribution in [0, 0.1) is 0 Å². The zero-order valence-corrected chi connectivity index (χ0v) is 17.4. The van der Waals surface area contributed by atoms with Crippen molar-refractivity contribution in [1.82, 2.24) is 0 Å². The van der Waals surface area contributed by atoms with Crippen molar-refractivity contribution in [3.63, 3.8) is 0 Å². The van der Waals surface area contributed by atoms with Gasteiger partial charge in [-0.3, -0.25) is 0 Å². The number of hydrogen-bond acceptors (Lipinski definition) is 4. The molecular formula is C20H18S4. The molecule has 4 aromatic carbocycles. The largest absolute Gasteiger partial charge is 0.129 e. The SMILES string of the molecule is CSc1c(SC)c2ccc3cccc4cc(SC)c(c1SC)c2c34. The molecule has 0 bridgehead atoms. The summed E-state index contributed by atoms with van der Waals surface area (Å²) in [6, 6.07) is 13.6. The molecule has 0 unspecified atom stereocenters. The summed E-state index contributed by atoms with van der Waals surface area (Å²) in [5, 5.41) is 8.40. The van der Waals surface area contributed by atoms with Crippen molar-refractivity contribution in [3.8, 4) is 0 Å². The van der Waals surface area contributed by atoms with Gasteiger partial charge in [-0.15, -0.1) is 47.0 Å². The van der Waals surface area contributed by atoms with Crippen LogP contribution in [0.2, 0.25) is 0 Å². The highest BCUT2D eigenvalue weighted by Crippen LogP contribution is 2.50. The van der Waals surface area contributed by atoms with Crippen LogP contribution in [0.1, 0.15) is 0 Å². The Balaban J connectivity index is 2.40. The van der Waals surface area contributed by atoms with Gasteiger partial charge in [0, 0.05) is 30.4 Å². The van der Waals surface area contributed by atoms with Crippen LogP contribution in [0.15, 0.2) is 56.0 Å². The number of benzene rings is 4. The van der Waals surface area contributed by atoms with E-state index in [9.17, 15) is 0 Å². The minimum absolute atomic E-state index is 1.34. The van der Waals surface area contributed by atoms with Crippen molar-refractivity contribution in [2.75, 3.05) is 25.0 Å². The van der Waals surface area contributed by atoms with E-state index in [1.165, 1.54) is 51.9 Å². The Kier molecular flexibility index (Phi) is 4.59. The smallest absolute Gasteiger partial charge is 0.0354 e. The summed E-state index contributed by atoms with van der Waals surface area (Å²) in [6.45, 7) is 0. The summed E-state index contributed by atoms with van der Waals surface area (Å²) in [7, 11) is 0. The van der Waals surface area contributed by atoms with Gasteiger partial charge in [0.15, 0.2) is 0 Å². The second-order valence-corrected chi connectivity index (χ2v) is 8.92. The van der Waals surface area contributed by atoms with Crippen molar-refractivity contribution in [1.29, 1.82) is 0 Å². The summed E-state index contributed by atoms with van der Waals surface area (Å²) in [5.74, 6) is 0. The summed E-state index contributed by atoms with van der Waals surface area (Å²) in [4.78, 5) is 5.67. The van der Waals surface area contributed by atoms with Crippen LogP contribution < -0.4 is 0 Å². The maximum absolute atomic E-state index is 2.37. The molecule has 0 radical (unpaired) electrons. The van der Waals surface area contributed by atoms with Crippen molar-refractivity contribution in [2.45, 2.75) is 19.6 Å². The molecule has 0 spiro atoms. The number of thioether (sulfide) groups is 4. The van der Waals surface area contributed by atoms with Gasteiger partial charge < -0.3 is 0 Å². The molecule has 0 aliphatic rings. The topological polar surface area (TPSA) is 0 Å². The Labute approximate surface area is 159 Å². The second-order valence-electron chi connectivity index (χ2n) is 5.62. The predicted molar refractivity (Wildman–Crippen MR) is 117 cm³/mol. The Morgan fingerprint density at radius 3 is 1.96 bits per heavy atom. The maximum Gasteiger partial charge on any atom is 0.0354 e. The highest BCUT2D eigenvalue weighted by atomic mass is 32.2. The van der Waals surface area contributed by atoms with E-state index in [0.717, 1.165) is 0 Å². The van der Waals surface area contributed by atoms with Gasteiger partial charge in [0.05, 0.1) is 0 Å². The molecule has 0 N–H and O–H groups in total. The van der Waals surface area contributed by atoms with Gasteiger partial charge >= 0.3 is 0 Å². The molecule has 0 saturated carbocycles. The quantitative estimate of drug-likeness (QED) is 0.263. The molecule has 0 atom stereocenters. The molecule has 122 valence electrons. The van der Waals surface area contributed by atoms with Crippen LogP contribution in [0.5, 0.6) is 0 Å². The minimum atomic E-state index is 1.34. The monoisotopic (exact) mass is 386 g/mol. The molecule has 4 aromatic rings. The molecule has 24 heavy (non-hydrogen) atoms. The third-order valence-corrected chi connectivity index (χ3v) is 8.06. The van der Waals surface area contributed by atoms with Crippen molar-refractivity contribution >= 4 is 79.4 Å². The molecule has 4 rings (SSSR count). The van der Waals surface area contributed by atoms with E-state index in [1.807, 2.05) is 47.0 Å². The van der Waals surface area contributed by atoms with Gasteiger partial charge in [0.2, 0.25) is 0 Å². The zero-order chi connectivity index (χ0) is 16.8. The van der Waals surface area contributed by atoms with E-state index in [2.05, 4.69) is 61.4 Å². The van der Waals surface area contributed by atoms with E-state index in [0.29, 0.717) is 0 Å². The average molecular weight is 387 g/mol. The Morgan fingerprint density at radius 1 is 0.583 bits per heavy atom. The molecular weight excluding hydrogens is 368 g/mol. The fraction of sp³-hybridized carbons (Fsp3) is 0.200. The lowest BCUT2D eigenvalue weighted by molar-refractivity contribution is 1.18. The highest BCUT2D eigenvalue weighted by molar-refractivity contribution is 8.03. The lowest BCUT2D eigenvalue weighted by atomic mass is 9.94. The molecule has 0 fully saturated rings. The van der Waals surface area contributed by atoms with E-state index < -0.39 is 0 Å². The van der Waals surface area contributed by atoms with Gasteiger partial charge in [-0.25, -0.2) is 0 Å². The number of rotatable bonds is 4. The first kappa shape index (κ1) is 16.8. The lowest BCUT2D eigenvalue weighted by Crippen LogP contribution is -1.93. The van der Waals surface area contributed by atoms with Gasteiger partial charge in [-0.1, -0.05) is 30.3 Å². The van der Waals surface area contributed by atoms with Crippen molar-refractivity contribution in [3.05, 3.63) is 36.4 Å². The summed E-state index contributed by atoms with van der Waals surface area (Å²) < 4.78 is 0. The molecule has 0 nitrogen and oxygen atoms in total. The highest BCUT2D eigenvalue weighted by Gasteiger charge is 2.21. The van der Waals surface area contributed by atoms with Gasteiger partial charge in [-0.2, -0.15) is 0 Å². The third-order valence-electron chi connectivity index (χ3n) is 4.58. The zero-order valence-electron chi connectivity index (χ0n) is 14.1. The van der Waals surface area contributed by atoms with Gasteiger partial charge in [0.1, 0.15) is 0 Å². The molecule has 0 heterocycles. The van der Waals surface area contributed by atoms with E-state index in [-0.39, 0.29) is 0 Å². The predicted octanol–water partition coefficient (Wildman–Crippen LogP) is 7.47. The summed E-state index contributed by atoms with van der Waals surface area (Å²) in [6.07, 6.45) is 8.80. The Hall–Kier alpha value is -0.680. The summed E-state index contributed by atoms with van der Waals surface area (Å²) in [5.41, 5.74) is 0. The molecule has 0 amide bonds. The molecule has 4 heteroatoms. The van der Waals surface area contributed by atoms with Crippen molar-refractivity contribution in [2.24, 2.45) is 0 Å². The van der Waals surface area contributed by atoms with Crippen LogP contribution in [0.25, 0.3) is 32.3 Å². The fourth-order valence-corrected chi connectivity index (χ4v) is 7.37. The third kappa shape index (κ3) is 2.27. The standard InChI is InChI=1S/C20H18S4/c1-21-14-10-12-7-5-6-11-8-9-13-16(15(11)12)17(14)19(23-3)20(24-4)18(13)22-2/h5-10H,1-4H3. The van der Waals surface area contributed by atoms with Gasteiger partial charge in [0.25, 0.3) is 0 Å². The van der Waals surface area contributed by atoms with Crippen LogP contribution in [-0.4, -0.2) is 25.0 Å². The maximum atomic E-state index is 2.37. The van der Waals surface area contributed by atoms with E-state index in [4.69, 9.17) is 0 Å². The normalized spacial score (nSPS) is 12.0.